The molecule has 0 amide bonds. The first kappa shape index (κ1) is 16.4. The second kappa shape index (κ2) is 10.2. The van der Waals surface area contributed by atoms with Crippen molar-refractivity contribution in [1.29, 1.82) is 0 Å². The van der Waals surface area contributed by atoms with Crippen LogP contribution < -0.4 is 14.3 Å². The topological polar surface area (TPSA) is 55.3 Å². The van der Waals surface area contributed by atoms with Gasteiger partial charge in [0.15, 0.2) is 0 Å². The molecule has 19 heavy (non-hydrogen) atoms. The number of rotatable bonds is 10. The molecule has 0 spiro atoms. The Morgan fingerprint density at radius 3 is 2.05 bits per heavy atom. The summed E-state index contributed by atoms with van der Waals surface area (Å²) in [6.07, 6.45) is 10.2. The fraction of sp³-hybridized carbons (Fsp3) is 0.600. The van der Waals surface area contributed by atoms with Crippen LogP contribution in [0.5, 0.6) is 5.75 Å². The van der Waals surface area contributed by atoms with Gasteiger partial charge in [0.05, 0.1) is 0 Å². The van der Waals surface area contributed by atoms with E-state index in [9.17, 15) is 9.79 Å². The minimum atomic E-state index is -2.81. The van der Waals surface area contributed by atoms with E-state index in [1.165, 1.54) is 50.5 Å². The Balaban J connectivity index is 2.12. The molecule has 0 aromatic heterocycles. The third-order valence-corrected chi connectivity index (χ3v) is 3.53. The number of hydrogen-bond donors (Lipinski definition) is 0. The van der Waals surface area contributed by atoms with Crippen molar-refractivity contribution in [3.8, 4) is 5.75 Å². The molecule has 0 atom stereocenters. The molecule has 3 nitrogen and oxygen atoms in total. The van der Waals surface area contributed by atoms with Gasteiger partial charge >= 0.3 is 0 Å². The predicted molar refractivity (Wildman–Crippen MR) is 75.7 cm³/mol. The molecule has 0 bridgehead atoms. The van der Waals surface area contributed by atoms with Gasteiger partial charge < -0.3 is 14.3 Å². The molecule has 0 N–H and O–H groups in total. The summed E-state index contributed by atoms with van der Waals surface area (Å²) in [4.78, 5) is 20.8. The van der Waals surface area contributed by atoms with E-state index in [4.69, 9.17) is 0 Å². The maximum atomic E-state index is 10.4. The molecule has 0 aliphatic heterocycles. The van der Waals surface area contributed by atoms with Gasteiger partial charge in [-0.15, -0.1) is 0 Å². The predicted octanol–water partition coefficient (Wildman–Crippen LogP) is 3.31. The summed E-state index contributed by atoms with van der Waals surface area (Å²) in [5, 5.41) is 0. The molecular weight excluding hydrogens is 259 g/mol. The molecule has 1 aromatic rings. The molecule has 1 rings (SSSR count). The van der Waals surface area contributed by atoms with Crippen LogP contribution in [0.1, 0.15) is 57.4 Å². The Kier molecular flexibility index (Phi) is 8.81. The lowest BCUT2D eigenvalue weighted by Gasteiger charge is -2.29. The van der Waals surface area contributed by atoms with Crippen molar-refractivity contribution in [2.45, 2.75) is 58.3 Å². The number of aryl methyl sites for hydroxylation is 1. The lowest BCUT2D eigenvalue weighted by Crippen LogP contribution is -2.12. The van der Waals surface area contributed by atoms with E-state index < -0.39 is 8.60 Å². The van der Waals surface area contributed by atoms with Crippen LogP contribution in [0.15, 0.2) is 24.3 Å². The average Bonchev–Trinajstić information content (AvgIpc) is 2.39. The highest BCUT2D eigenvalue weighted by atomic mass is 31.2. The standard InChI is InChI=1S/C15H23O3P/c1-2-3-4-5-6-7-8-9-14-10-12-15(13-11-14)18-19(16)17/h10-13H,2-9H2,1H3/q-2. The molecule has 4 heteroatoms. The Hall–Kier alpha value is -0.630. The van der Waals surface area contributed by atoms with Gasteiger partial charge in [0.2, 0.25) is 0 Å². The van der Waals surface area contributed by atoms with Gasteiger partial charge in [0.25, 0.3) is 0 Å². The zero-order chi connectivity index (χ0) is 13.9. The van der Waals surface area contributed by atoms with Crippen LogP contribution in [-0.4, -0.2) is 0 Å². The van der Waals surface area contributed by atoms with Gasteiger partial charge in [0, 0.05) is 0 Å². The lowest BCUT2D eigenvalue weighted by molar-refractivity contribution is -0.310. The maximum Gasteiger partial charge on any atom is 0.119 e. The first-order valence-electron chi connectivity index (χ1n) is 7.13. The summed E-state index contributed by atoms with van der Waals surface area (Å²) < 4.78 is 4.60. The van der Waals surface area contributed by atoms with Crippen LogP contribution in [-0.2, 0) is 6.42 Å². The van der Waals surface area contributed by atoms with Crippen molar-refractivity contribution < 1.29 is 14.3 Å². The Bertz CT molecular complexity index is 325. The second-order valence-corrected chi connectivity index (χ2v) is 5.46. The van der Waals surface area contributed by atoms with Crippen LogP contribution in [0.2, 0.25) is 0 Å². The smallest absolute Gasteiger partial charge is 0.119 e. The lowest BCUT2D eigenvalue weighted by atomic mass is 10.0. The third-order valence-electron chi connectivity index (χ3n) is 3.17. The van der Waals surface area contributed by atoms with Crippen molar-refractivity contribution >= 4 is 8.60 Å². The number of benzene rings is 1. The summed E-state index contributed by atoms with van der Waals surface area (Å²) in [5.74, 6) is 0.388. The molecule has 108 valence electrons. The Morgan fingerprint density at radius 2 is 1.47 bits per heavy atom. The van der Waals surface area contributed by atoms with Crippen LogP contribution in [0.3, 0.4) is 0 Å². The Labute approximate surface area is 117 Å². The molecular formula is C15H23O3P-2. The van der Waals surface area contributed by atoms with E-state index in [2.05, 4.69) is 11.4 Å². The zero-order valence-corrected chi connectivity index (χ0v) is 12.5. The summed E-state index contributed by atoms with van der Waals surface area (Å²) in [5.41, 5.74) is 1.24. The number of unbranched alkanes of at least 4 members (excludes halogenated alkanes) is 6. The van der Waals surface area contributed by atoms with Gasteiger partial charge in [0.1, 0.15) is 5.75 Å². The summed E-state index contributed by atoms with van der Waals surface area (Å²) in [6.45, 7) is 2.23. The Morgan fingerprint density at radius 1 is 0.895 bits per heavy atom. The van der Waals surface area contributed by atoms with E-state index >= 15 is 0 Å². The van der Waals surface area contributed by atoms with E-state index in [0.717, 1.165) is 6.42 Å². The molecule has 0 radical (unpaired) electrons. The van der Waals surface area contributed by atoms with Crippen molar-refractivity contribution in [2.75, 3.05) is 0 Å². The highest BCUT2D eigenvalue weighted by Gasteiger charge is 1.96. The summed E-state index contributed by atoms with van der Waals surface area (Å²) >= 11 is 0. The quantitative estimate of drug-likeness (QED) is 0.488. The highest BCUT2D eigenvalue weighted by molar-refractivity contribution is 7.36. The van der Waals surface area contributed by atoms with Gasteiger partial charge in [-0.3, -0.25) is 0 Å². The molecule has 0 aliphatic carbocycles. The normalized spacial score (nSPS) is 10.9. The van der Waals surface area contributed by atoms with Crippen molar-refractivity contribution in [1.82, 2.24) is 0 Å². The second-order valence-electron chi connectivity index (χ2n) is 4.83. The highest BCUT2D eigenvalue weighted by Crippen LogP contribution is 2.22. The largest absolute Gasteiger partial charge is 0.810 e. The van der Waals surface area contributed by atoms with Crippen molar-refractivity contribution in [2.24, 2.45) is 0 Å². The van der Waals surface area contributed by atoms with Crippen LogP contribution in [0, 0.1) is 0 Å². The minimum absolute atomic E-state index is 0.388. The first-order valence-corrected chi connectivity index (χ1v) is 8.23. The van der Waals surface area contributed by atoms with Gasteiger partial charge in [-0.2, -0.15) is 0 Å². The van der Waals surface area contributed by atoms with Crippen LogP contribution >= 0.6 is 8.60 Å². The van der Waals surface area contributed by atoms with E-state index in [-0.39, 0.29) is 0 Å². The molecule has 0 heterocycles. The van der Waals surface area contributed by atoms with Crippen molar-refractivity contribution in [3.63, 3.8) is 0 Å². The molecule has 0 saturated carbocycles. The minimum Gasteiger partial charge on any atom is -0.810 e. The third kappa shape index (κ3) is 8.20. The maximum absolute atomic E-state index is 10.4. The fourth-order valence-corrected chi connectivity index (χ4v) is 2.38. The van der Waals surface area contributed by atoms with Crippen molar-refractivity contribution in [3.05, 3.63) is 29.8 Å². The van der Waals surface area contributed by atoms with Gasteiger partial charge in [-0.05, 0) is 30.5 Å². The molecule has 0 aliphatic rings. The molecule has 0 fully saturated rings. The van der Waals surface area contributed by atoms with Crippen LogP contribution in [0.25, 0.3) is 0 Å². The fourth-order valence-electron chi connectivity index (χ4n) is 2.09. The van der Waals surface area contributed by atoms with E-state index in [0.29, 0.717) is 5.75 Å². The molecule has 0 unspecified atom stereocenters. The average molecular weight is 282 g/mol. The monoisotopic (exact) mass is 282 g/mol. The molecule has 1 aromatic carbocycles. The summed E-state index contributed by atoms with van der Waals surface area (Å²) in [6, 6.07) is 7.29. The van der Waals surface area contributed by atoms with E-state index in [1.807, 2.05) is 12.1 Å². The van der Waals surface area contributed by atoms with Gasteiger partial charge in [-0.25, -0.2) is 0 Å². The first-order chi connectivity index (χ1) is 9.22. The van der Waals surface area contributed by atoms with E-state index in [1.54, 1.807) is 12.1 Å². The molecule has 0 saturated heterocycles. The number of hydrogen-bond acceptors (Lipinski definition) is 3. The van der Waals surface area contributed by atoms with Crippen LogP contribution in [0.4, 0.5) is 0 Å². The van der Waals surface area contributed by atoms with Gasteiger partial charge in [-0.1, -0.05) is 66.2 Å². The SMILES string of the molecule is CCCCCCCCCc1ccc(OP([O-])[O-])cc1. The zero-order valence-electron chi connectivity index (χ0n) is 11.6. The summed E-state index contributed by atoms with van der Waals surface area (Å²) in [7, 11) is -2.81.